The lowest BCUT2D eigenvalue weighted by molar-refractivity contribution is 1.47. The van der Waals surface area contributed by atoms with E-state index in [2.05, 4.69) is 0 Å². The molecule has 0 aliphatic heterocycles. The van der Waals surface area contributed by atoms with Crippen molar-refractivity contribution >= 4 is 41.3 Å². The predicted molar refractivity (Wildman–Crippen MR) is 52.9 cm³/mol. The third kappa shape index (κ3) is 2.44. The van der Waals surface area contributed by atoms with Gasteiger partial charge in [-0.1, -0.05) is 23.2 Å². The molecule has 0 saturated carbocycles. The Bertz CT molecular complexity index is 210. The number of halogens is 3. The first-order valence-corrected chi connectivity index (χ1v) is 3.58. The van der Waals surface area contributed by atoms with Crippen LogP contribution in [0.3, 0.4) is 0 Å². The lowest BCUT2D eigenvalue weighted by Crippen LogP contribution is -1.88. The lowest BCUT2D eigenvalue weighted by Gasteiger charge is -2.00. The van der Waals surface area contributed by atoms with Crippen molar-refractivity contribution in [2.75, 3.05) is 5.73 Å². The summed E-state index contributed by atoms with van der Waals surface area (Å²) in [5.74, 6) is 0. The fourth-order valence-corrected chi connectivity index (χ4v) is 1.05. The fourth-order valence-electron chi connectivity index (χ4n) is 0.662. The Morgan fingerprint density at radius 3 is 2.09 bits per heavy atom. The average molecular weight is 213 g/mol. The van der Waals surface area contributed by atoms with Crippen LogP contribution in [0.25, 0.3) is 0 Å². The first-order valence-electron chi connectivity index (χ1n) is 2.82. The van der Waals surface area contributed by atoms with E-state index in [1.807, 2.05) is 6.92 Å². The van der Waals surface area contributed by atoms with Crippen LogP contribution in [0.5, 0.6) is 0 Å². The molecule has 1 aromatic rings. The van der Waals surface area contributed by atoms with Crippen molar-refractivity contribution in [2.45, 2.75) is 6.92 Å². The molecule has 0 saturated heterocycles. The maximum absolute atomic E-state index is 5.70. The molecule has 0 aliphatic rings. The number of nitrogen functional groups attached to an aromatic ring is 1. The first kappa shape index (κ1) is 10.9. The van der Waals surface area contributed by atoms with E-state index in [9.17, 15) is 0 Å². The van der Waals surface area contributed by atoms with Crippen molar-refractivity contribution in [2.24, 2.45) is 0 Å². The van der Waals surface area contributed by atoms with Gasteiger partial charge < -0.3 is 5.73 Å². The van der Waals surface area contributed by atoms with Gasteiger partial charge in [0.1, 0.15) is 0 Å². The van der Waals surface area contributed by atoms with Gasteiger partial charge >= 0.3 is 0 Å². The van der Waals surface area contributed by atoms with Crippen molar-refractivity contribution in [3.63, 3.8) is 0 Å². The molecular weight excluding hydrogens is 204 g/mol. The number of hydrogen-bond donors (Lipinski definition) is 1. The van der Waals surface area contributed by atoms with Crippen LogP contribution in [0.1, 0.15) is 5.56 Å². The molecule has 11 heavy (non-hydrogen) atoms. The van der Waals surface area contributed by atoms with Crippen molar-refractivity contribution in [1.29, 1.82) is 0 Å². The minimum absolute atomic E-state index is 0. The summed E-state index contributed by atoms with van der Waals surface area (Å²) in [6.07, 6.45) is 0. The molecule has 1 nitrogen and oxygen atoms in total. The monoisotopic (exact) mass is 211 g/mol. The molecule has 4 heteroatoms. The molecule has 0 fully saturated rings. The van der Waals surface area contributed by atoms with Crippen LogP contribution in [0.4, 0.5) is 5.69 Å². The normalized spacial score (nSPS) is 9.00. The summed E-state index contributed by atoms with van der Waals surface area (Å²) >= 11 is 11.4. The zero-order chi connectivity index (χ0) is 7.72. The first-order chi connectivity index (χ1) is 4.61. The SMILES string of the molecule is Cc1cc(Cl)c(Cl)cc1N.Cl. The van der Waals surface area contributed by atoms with Crippen molar-refractivity contribution in [3.8, 4) is 0 Å². The van der Waals surface area contributed by atoms with E-state index in [1.54, 1.807) is 12.1 Å². The Labute approximate surface area is 81.9 Å². The Morgan fingerprint density at radius 1 is 1.18 bits per heavy atom. The van der Waals surface area contributed by atoms with Gasteiger partial charge in [0.25, 0.3) is 0 Å². The van der Waals surface area contributed by atoms with E-state index in [4.69, 9.17) is 28.9 Å². The van der Waals surface area contributed by atoms with Gasteiger partial charge in [0.05, 0.1) is 10.0 Å². The zero-order valence-corrected chi connectivity index (χ0v) is 8.22. The molecule has 0 unspecified atom stereocenters. The van der Waals surface area contributed by atoms with Gasteiger partial charge in [-0.3, -0.25) is 0 Å². The fraction of sp³-hybridized carbons (Fsp3) is 0.143. The van der Waals surface area contributed by atoms with Crippen molar-refractivity contribution in [1.82, 2.24) is 0 Å². The predicted octanol–water partition coefficient (Wildman–Crippen LogP) is 3.31. The summed E-state index contributed by atoms with van der Waals surface area (Å²) in [6, 6.07) is 3.40. The summed E-state index contributed by atoms with van der Waals surface area (Å²) in [6.45, 7) is 1.89. The van der Waals surface area contributed by atoms with Crippen molar-refractivity contribution in [3.05, 3.63) is 27.7 Å². The zero-order valence-electron chi connectivity index (χ0n) is 5.90. The van der Waals surface area contributed by atoms with Gasteiger partial charge in [0, 0.05) is 5.69 Å². The summed E-state index contributed by atoms with van der Waals surface area (Å²) in [4.78, 5) is 0. The summed E-state index contributed by atoms with van der Waals surface area (Å²) in [5, 5.41) is 1.05. The molecule has 0 amide bonds. The minimum Gasteiger partial charge on any atom is -0.398 e. The van der Waals surface area contributed by atoms with Gasteiger partial charge in [0.2, 0.25) is 0 Å². The summed E-state index contributed by atoms with van der Waals surface area (Å²) < 4.78 is 0. The van der Waals surface area contributed by atoms with Crippen LogP contribution in [0.2, 0.25) is 10.0 Å². The standard InChI is InChI=1S/C7H7Cl2N.ClH/c1-4-2-5(8)6(9)3-7(4)10;/h2-3H,10H2,1H3;1H. The van der Waals surface area contributed by atoms with E-state index >= 15 is 0 Å². The second kappa shape index (κ2) is 4.05. The third-order valence-corrected chi connectivity index (χ3v) is 2.03. The molecule has 0 heterocycles. The average Bonchev–Trinajstić information content (AvgIpc) is 1.84. The Balaban J connectivity index is 0.000001000. The highest BCUT2D eigenvalue weighted by Gasteiger charge is 1.99. The molecule has 0 aliphatic carbocycles. The quantitative estimate of drug-likeness (QED) is 0.656. The number of nitrogens with two attached hydrogens (primary N) is 1. The number of aryl methyl sites for hydroxylation is 1. The second-order valence-corrected chi connectivity index (χ2v) is 2.94. The van der Waals surface area contributed by atoms with E-state index in [0.29, 0.717) is 15.7 Å². The van der Waals surface area contributed by atoms with Gasteiger partial charge in [-0.05, 0) is 24.6 Å². The van der Waals surface area contributed by atoms with Crippen LogP contribution in [-0.4, -0.2) is 0 Å². The van der Waals surface area contributed by atoms with E-state index < -0.39 is 0 Å². The van der Waals surface area contributed by atoms with E-state index in [0.717, 1.165) is 5.56 Å². The number of benzene rings is 1. The van der Waals surface area contributed by atoms with E-state index in [1.165, 1.54) is 0 Å². The van der Waals surface area contributed by atoms with Crippen LogP contribution in [0, 0.1) is 6.92 Å². The lowest BCUT2D eigenvalue weighted by atomic mass is 10.2. The van der Waals surface area contributed by atoms with Gasteiger partial charge in [-0.25, -0.2) is 0 Å². The highest BCUT2D eigenvalue weighted by atomic mass is 35.5. The topological polar surface area (TPSA) is 26.0 Å². The molecule has 0 atom stereocenters. The van der Waals surface area contributed by atoms with Crippen LogP contribution >= 0.6 is 35.6 Å². The molecule has 0 aromatic heterocycles. The Hall–Kier alpha value is -0.110. The third-order valence-electron chi connectivity index (χ3n) is 1.31. The largest absolute Gasteiger partial charge is 0.398 e. The maximum atomic E-state index is 5.70. The molecule has 0 radical (unpaired) electrons. The molecular formula is C7H8Cl3N. The number of anilines is 1. The molecule has 0 bridgehead atoms. The smallest absolute Gasteiger partial charge is 0.0612 e. The Morgan fingerprint density at radius 2 is 1.64 bits per heavy atom. The molecule has 62 valence electrons. The Kier molecular flexibility index (Phi) is 4.01. The molecule has 1 aromatic carbocycles. The van der Waals surface area contributed by atoms with Crippen LogP contribution < -0.4 is 5.73 Å². The number of hydrogen-bond acceptors (Lipinski definition) is 1. The van der Waals surface area contributed by atoms with Crippen molar-refractivity contribution < 1.29 is 0 Å². The minimum atomic E-state index is 0. The van der Waals surface area contributed by atoms with Gasteiger partial charge in [0.15, 0.2) is 0 Å². The second-order valence-electron chi connectivity index (χ2n) is 2.12. The number of rotatable bonds is 0. The molecule has 2 N–H and O–H groups in total. The van der Waals surface area contributed by atoms with Gasteiger partial charge in [-0.2, -0.15) is 0 Å². The van der Waals surface area contributed by atoms with Crippen LogP contribution in [0.15, 0.2) is 12.1 Å². The highest BCUT2D eigenvalue weighted by molar-refractivity contribution is 6.42. The summed E-state index contributed by atoms with van der Waals surface area (Å²) in [5.41, 5.74) is 7.17. The maximum Gasteiger partial charge on any atom is 0.0612 e. The van der Waals surface area contributed by atoms with E-state index in [-0.39, 0.29) is 12.4 Å². The highest BCUT2D eigenvalue weighted by Crippen LogP contribution is 2.26. The van der Waals surface area contributed by atoms with Gasteiger partial charge in [-0.15, -0.1) is 12.4 Å². The molecule has 1 rings (SSSR count). The molecule has 0 spiro atoms. The van der Waals surface area contributed by atoms with Crippen LogP contribution in [-0.2, 0) is 0 Å². The summed E-state index contributed by atoms with van der Waals surface area (Å²) in [7, 11) is 0.